The third-order valence-electron chi connectivity index (χ3n) is 9.48. The van der Waals surface area contributed by atoms with E-state index in [4.69, 9.17) is 4.74 Å². The molecule has 0 saturated carbocycles. The van der Waals surface area contributed by atoms with E-state index in [1.54, 1.807) is 20.0 Å². The van der Waals surface area contributed by atoms with Crippen molar-refractivity contribution in [1.82, 2.24) is 15.1 Å². The van der Waals surface area contributed by atoms with Crippen molar-refractivity contribution in [2.45, 2.75) is 78.0 Å². The average molecular weight is 573 g/mol. The molecule has 0 spiro atoms. The Morgan fingerprint density at radius 2 is 1.90 bits per heavy atom. The van der Waals surface area contributed by atoms with Crippen molar-refractivity contribution in [2.75, 3.05) is 25.0 Å². The summed E-state index contributed by atoms with van der Waals surface area (Å²) < 4.78 is 7.20. The normalized spacial score (nSPS) is 24.9. The van der Waals surface area contributed by atoms with Gasteiger partial charge >= 0.3 is 5.97 Å². The first kappa shape index (κ1) is 30.0. The molecule has 3 heterocycles. The van der Waals surface area contributed by atoms with Crippen molar-refractivity contribution in [3.8, 4) is 0 Å². The number of hydrogen-bond acceptors (Lipinski definition) is 7. The summed E-state index contributed by atoms with van der Waals surface area (Å²) in [6.45, 7) is 11.5. The second-order valence-corrected chi connectivity index (χ2v) is 11.7. The van der Waals surface area contributed by atoms with Crippen LogP contribution < -0.4 is 10.6 Å². The number of ether oxygens (including phenoxy) is 1. The number of Topliss-reactive ketones (excluding diaryl/α,β-unsaturated/α-hetero) is 1. The summed E-state index contributed by atoms with van der Waals surface area (Å²) in [6.07, 6.45) is 2.52. The second-order valence-electron chi connectivity index (χ2n) is 11.7. The molecule has 1 aromatic heterocycles. The zero-order valence-electron chi connectivity index (χ0n) is 25.4. The highest BCUT2D eigenvalue weighted by molar-refractivity contribution is 5.91. The highest BCUT2D eigenvalue weighted by atomic mass is 16.5. The standard InChI is InChI=1S/C34H44N4O4/c1-6-25-19-35-17-16-34(25,31(40)22(5)39)30(23-12-10-9-11-13-23)24-14-15-26-21(4)32(37-28(26)18-24)38-29(7-2)27(20-36-38)33(41)42-8-3/h9-15,18,20-22,25,30,32,35,37,39H,6-8,16-17,19H2,1-5H3. The van der Waals surface area contributed by atoms with Gasteiger partial charge in [-0.05, 0) is 68.5 Å². The van der Waals surface area contributed by atoms with Gasteiger partial charge in [0.05, 0.1) is 18.5 Å². The summed E-state index contributed by atoms with van der Waals surface area (Å²) in [4.78, 5) is 26.7. The third kappa shape index (κ3) is 5.05. The van der Waals surface area contributed by atoms with Crippen molar-refractivity contribution in [1.29, 1.82) is 0 Å². The Kier molecular flexibility index (Phi) is 8.85. The van der Waals surface area contributed by atoms with Crippen molar-refractivity contribution >= 4 is 17.4 Å². The number of carbonyl (C=O) groups is 2. The molecule has 6 atom stereocenters. The molecule has 1 fully saturated rings. The van der Waals surface area contributed by atoms with E-state index in [1.165, 1.54) is 5.56 Å². The number of aliphatic hydroxyl groups excluding tert-OH is 1. The topological polar surface area (TPSA) is 105 Å². The SMILES string of the molecule is CCOC(=O)c1cnn(C2Nc3cc(C(c4ccccc4)C4(C(=O)C(C)O)CCNCC4CC)ccc3C2C)c1CC. The van der Waals surface area contributed by atoms with Crippen LogP contribution in [0.1, 0.15) is 98.2 Å². The molecule has 0 amide bonds. The summed E-state index contributed by atoms with van der Waals surface area (Å²) >= 11 is 0. The maximum Gasteiger partial charge on any atom is 0.341 e. The molecule has 8 nitrogen and oxygen atoms in total. The van der Waals surface area contributed by atoms with Gasteiger partial charge in [-0.25, -0.2) is 9.48 Å². The van der Waals surface area contributed by atoms with Gasteiger partial charge in [0.15, 0.2) is 5.78 Å². The van der Waals surface area contributed by atoms with E-state index in [0.29, 0.717) is 25.0 Å². The third-order valence-corrected chi connectivity index (χ3v) is 9.48. The van der Waals surface area contributed by atoms with Crippen LogP contribution >= 0.6 is 0 Å². The first-order chi connectivity index (χ1) is 20.3. The summed E-state index contributed by atoms with van der Waals surface area (Å²) in [5.41, 5.74) is 4.90. The summed E-state index contributed by atoms with van der Waals surface area (Å²) in [6, 6.07) is 16.8. The number of carbonyl (C=O) groups excluding carboxylic acids is 2. The second kappa shape index (κ2) is 12.4. The molecule has 3 aromatic rings. The van der Waals surface area contributed by atoms with Crippen LogP contribution in [0.15, 0.2) is 54.7 Å². The van der Waals surface area contributed by atoms with Gasteiger partial charge in [0.25, 0.3) is 0 Å². The smallest absolute Gasteiger partial charge is 0.341 e. The number of fused-ring (bicyclic) bond motifs is 1. The van der Waals surface area contributed by atoms with Crippen LogP contribution in [-0.4, -0.2) is 52.4 Å². The number of nitrogens with zero attached hydrogens (tertiary/aromatic N) is 2. The maximum atomic E-state index is 14.1. The van der Waals surface area contributed by atoms with E-state index in [0.717, 1.165) is 42.0 Å². The van der Waals surface area contributed by atoms with Gasteiger partial charge in [-0.15, -0.1) is 0 Å². The molecule has 0 bridgehead atoms. The fourth-order valence-corrected chi connectivity index (χ4v) is 7.50. The van der Waals surface area contributed by atoms with Crippen LogP contribution in [-0.2, 0) is 16.0 Å². The van der Waals surface area contributed by atoms with Crippen molar-refractivity contribution in [3.63, 3.8) is 0 Å². The van der Waals surface area contributed by atoms with Crippen LogP contribution in [0.2, 0.25) is 0 Å². The number of aromatic nitrogens is 2. The van der Waals surface area contributed by atoms with Gasteiger partial charge in [0, 0.05) is 22.9 Å². The van der Waals surface area contributed by atoms with Crippen LogP contribution in [0.5, 0.6) is 0 Å². The van der Waals surface area contributed by atoms with Gasteiger partial charge < -0.3 is 20.5 Å². The Balaban J connectivity index is 1.59. The minimum absolute atomic E-state index is 0.0731. The predicted molar refractivity (Wildman–Crippen MR) is 164 cm³/mol. The molecule has 2 aliphatic rings. The highest BCUT2D eigenvalue weighted by Gasteiger charge is 2.53. The van der Waals surface area contributed by atoms with Gasteiger partial charge in [-0.1, -0.05) is 69.7 Å². The summed E-state index contributed by atoms with van der Waals surface area (Å²) in [7, 11) is 0. The molecule has 2 aliphatic heterocycles. The lowest BCUT2D eigenvalue weighted by Crippen LogP contribution is -2.55. The number of aliphatic hydroxyl groups is 1. The molecule has 2 aromatic carbocycles. The van der Waals surface area contributed by atoms with E-state index in [-0.39, 0.29) is 35.7 Å². The Morgan fingerprint density at radius 3 is 2.57 bits per heavy atom. The van der Waals surface area contributed by atoms with Gasteiger partial charge in [-0.2, -0.15) is 5.10 Å². The zero-order valence-corrected chi connectivity index (χ0v) is 25.4. The van der Waals surface area contributed by atoms with Crippen LogP contribution in [0.3, 0.4) is 0 Å². The molecule has 224 valence electrons. The Bertz CT molecular complexity index is 1420. The van der Waals surface area contributed by atoms with Crippen molar-refractivity contribution < 1.29 is 19.4 Å². The average Bonchev–Trinajstić information content (AvgIpc) is 3.58. The Morgan fingerprint density at radius 1 is 1.14 bits per heavy atom. The molecule has 0 radical (unpaired) electrons. The number of esters is 1. The molecular formula is C34H44N4O4. The monoisotopic (exact) mass is 572 g/mol. The highest BCUT2D eigenvalue weighted by Crippen LogP contribution is 2.53. The van der Waals surface area contributed by atoms with Crippen LogP contribution in [0.4, 0.5) is 5.69 Å². The molecule has 8 heteroatoms. The molecule has 6 unspecified atom stereocenters. The molecule has 5 rings (SSSR count). The lowest BCUT2D eigenvalue weighted by Gasteiger charge is -2.49. The largest absolute Gasteiger partial charge is 0.462 e. The van der Waals surface area contributed by atoms with Crippen molar-refractivity contribution in [3.05, 3.63) is 82.7 Å². The minimum Gasteiger partial charge on any atom is -0.462 e. The molecule has 0 aliphatic carbocycles. The Hall–Kier alpha value is -3.49. The number of benzene rings is 2. The lowest BCUT2D eigenvalue weighted by atomic mass is 9.55. The van der Waals surface area contributed by atoms with Crippen LogP contribution in [0.25, 0.3) is 0 Å². The fourth-order valence-electron chi connectivity index (χ4n) is 7.50. The zero-order chi connectivity index (χ0) is 30.0. The quantitative estimate of drug-likeness (QED) is 0.278. The van der Waals surface area contributed by atoms with Gasteiger partial charge in [0.2, 0.25) is 0 Å². The maximum absolute atomic E-state index is 14.1. The first-order valence-electron chi connectivity index (χ1n) is 15.4. The number of anilines is 1. The number of rotatable bonds is 10. The number of piperidine rings is 1. The van der Waals surface area contributed by atoms with E-state index in [2.05, 4.69) is 59.9 Å². The van der Waals surface area contributed by atoms with E-state index in [9.17, 15) is 14.7 Å². The number of hydrogen-bond donors (Lipinski definition) is 3. The first-order valence-corrected chi connectivity index (χ1v) is 15.4. The van der Waals surface area contributed by atoms with E-state index < -0.39 is 11.5 Å². The number of ketones is 1. The molecule has 1 saturated heterocycles. The van der Waals surface area contributed by atoms with E-state index >= 15 is 0 Å². The van der Waals surface area contributed by atoms with Gasteiger partial charge in [-0.3, -0.25) is 4.79 Å². The van der Waals surface area contributed by atoms with Gasteiger partial charge in [0.1, 0.15) is 17.8 Å². The summed E-state index contributed by atoms with van der Waals surface area (Å²) in [5, 5.41) is 22.6. The van der Waals surface area contributed by atoms with E-state index in [1.807, 2.05) is 29.8 Å². The number of nitrogens with one attached hydrogen (secondary N) is 2. The fraction of sp³-hybridized carbons (Fsp3) is 0.500. The van der Waals surface area contributed by atoms with Crippen LogP contribution in [0, 0.1) is 11.3 Å². The van der Waals surface area contributed by atoms with Crippen molar-refractivity contribution in [2.24, 2.45) is 11.3 Å². The molecular weight excluding hydrogens is 528 g/mol. The predicted octanol–water partition coefficient (Wildman–Crippen LogP) is 5.44. The summed E-state index contributed by atoms with van der Waals surface area (Å²) in [5.74, 6) is -0.485. The lowest BCUT2D eigenvalue weighted by molar-refractivity contribution is -0.143. The molecule has 42 heavy (non-hydrogen) atoms. The minimum atomic E-state index is -1.05. The Labute approximate surface area is 248 Å². The molecule has 3 N–H and O–H groups in total.